The van der Waals surface area contributed by atoms with Gasteiger partial charge >= 0.3 is 4.87 Å². The van der Waals surface area contributed by atoms with Gasteiger partial charge in [-0.3, -0.25) is 9.59 Å². The average Bonchev–Trinajstić information content (AvgIpc) is 3.23. The van der Waals surface area contributed by atoms with Gasteiger partial charge in [0.05, 0.1) is 4.88 Å². The van der Waals surface area contributed by atoms with Gasteiger partial charge in [0.1, 0.15) is 0 Å². The highest BCUT2D eigenvalue weighted by Crippen LogP contribution is 2.30. The molecule has 0 spiro atoms. The molecule has 2 aromatic rings. The van der Waals surface area contributed by atoms with Gasteiger partial charge in [-0.2, -0.15) is 4.31 Å². The van der Waals surface area contributed by atoms with Crippen molar-refractivity contribution in [2.45, 2.75) is 49.7 Å². The molecule has 1 aliphatic heterocycles. The van der Waals surface area contributed by atoms with Crippen molar-refractivity contribution in [1.29, 1.82) is 0 Å². The number of nitrogens with zero attached hydrogens (tertiary/aromatic N) is 2. The van der Waals surface area contributed by atoms with Crippen LogP contribution in [-0.4, -0.2) is 54.7 Å². The fourth-order valence-corrected chi connectivity index (χ4v) is 8.07. The molecule has 10 heteroatoms. The molecule has 1 aliphatic carbocycles. The lowest BCUT2D eigenvalue weighted by molar-refractivity contribution is 0.0703. The lowest BCUT2D eigenvalue weighted by Crippen LogP contribution is -2.50. The van der Waals surface area contributed by atoms with Crippen molar-refractivity contribution >= 4 is 38.6 Å². The van der Waals surface area contributed by atoms with Gasteiger partial charge in [0.15, 0.2) is 4.21 Å². The molecule has 0 atom stereocenters. The number of carbonyl (C=O) groups is 1. The summed E-state index contributed by atoms with van der Waals surface area (Å²) < 4.78 is 27.1. The molecule has 158 valence electrons. The van der Waals surface area contributed by atoms with Crippen LogP contribution in [-0.2, 0) is 22.9 Å². The van der Waals surface area contributed by atoms with E-state index in [1.54, 1.807) is 23.2 Å². The fraction of sp³-hybridized carbons (Fsp3) is 0.579. The van der Waals surface area contributed by atoms with E-state index in [0.717, 1.165) is 29.1 Å². The van der Waals surface area contributed by atoms with Gasteiger partial charge < -0.3 is 9.88 Å². The molecule has 0 unspecified atom stereocenters. The number of rotatable bonds is 3. The molecule has 3 heterocycles. The van der Waals surface area contributed by atoms with Crippen molar-refractivity contribution in [2.75, 3.05) is 26.2 Å². The third-order valence-corrected chi connectivity index (χ3v) is 10.3. The van der Waals surface area contributed by atoms with Crippen molar-refractivity contribution in [3.8, 4) is 0 Å². The van der Waals surface area contributed by atoms with E-state index in [2.05, 4.69) is 11.1 Å². The van der Waals surface area contributed by atoms with Crippen LogP contribution in [0, 0.1) is 6.92 Å². The number of piperazine rings is 1. The summed E-state index contributed by atoms with van der Waals surface area (Å²) >= 11 is 2.33. The quantitative estimate of drug-likeness (QED) is 0.770. The Morgan fingerprint density at radius 3 is 2.38 bits per heavy atom. The van der Waals surface area contributed by atoms with Crippen molar-refractivity contribution in [2.24, 2.45) is 0 Å². The van der Waals surface area contributed by atoms with Crippen LogP contribution in [0.4, 0.5) is 0 Å². The number of aromatic nitrogens is 1. The number of aryl methyl sites for hydroxylation is 3. The Hall–Kier alpha value is -1.49. The largest absolute Gasteiger partial charge is 0.335 e. The second-order valence-electron chi connectivity index (χ2n) is 7.60. The highest BCUT2D eigenvalue weighted by Gasteiger charge is 2.33. The SMILES string of the molecule is Cc1[nH]c(=O)sc1S(=O)(=O)N1CCN(C(=O)c2cc3c(s2)CCCCCC3)CC1. The third-order valence-electron chi connectivity index (χ3n) is 5.59. The molecular weight excluding hydrogens is 430 g/mol. The van der Waals surface area contributed by atoms with Gasteiger partial charge in [-0.05, 0) is 44.2 Å². The van der Waals surface area contributed by atoms with Crippen LogP contribution in [0.5, 0.6) is 0 Å². The highest BCUT2D eigenvalue weighted by atomic mass is 32.2. The number of aromatic amines is 1. The summed E-state index contributed by atoms with van der Waals surface area (Å²) in [4.78, 5) is 30.5. The van der Waals surface area contributed by atoms with Gasteiger partial charge in [-0.25, -0.2) is 8.42 Å². The van der Waals surface area contributed by atoms with Crippen LogP contribution in [0.1, 0.15) is 51.5 Å². The third kappa shape index (κ3) is 4.21. The summed E-state index contributed by atoms with van der Waals surface area (Å²) in [7, 11) is -3.71. The monoisotopic (exact) mass is 455 g/mol. The number of sulfonamides is 1. The van der Waals surface area contributed by atoms with Crippen LogP contribution in [0.3, 0.4) is 0 Å². The zero-order valence-corrected chi connectivity index (χ0v) is 18.9. The first kappa shape index (κ1) is 20.8. The molecular formula is C19H25N3O4S3. The lowest BCUT2D eigenvalue weighted by Gasteiger charge is -2.33. The standard InChI is InChI=1S/C19H25N3O4S3/c1-13-18(28-19(24)20-13)29(25,26)22-10-8-21(9-11-22)17(23)16-12-14-6-4-2-3-5-7-15(14)27-16/h12H,2-11H2,1H3,(H,20,24). The van der Waals surface area contributed by atoms with Gasteiger partial charge in [-0.15, -0.1) is 11.3 Å². The number of nitrogens with one attached hydrogen (secondary N) is 1. The van der Waals surface area contributed by atoms with Crippen LogP contribution < -0.4 is 4.87 Å². The van der Waals surface area contributed by atoms with E-state index in [1.807, 2.05) is 0 Å². The van der Waals surface area contributed by atoms with E-state index >= 15 is 0 Å². The molecule has 29 heavy (non-hydrogen) atoms. The van der Waals surface area contributed by atoms with E-state index in [9.17, 15) is 18.0 Å². The first-order valence-corrected chi connectivity index (χ1v) is 13.0. The zero-order valence-electron chi connectivity index (χ0n) is 16.4. The second kappa shape index (κ2) is 8.33. The molecule has 4 rings (SSSR count). The molecule has 0 radical (unpaired) electrons. The average molecular weight is 456 g/mol. The lowest BCUT2D eigenvalue weighted by atomic mass is 10.00. The maximum Gasteiger partial charge on any atom is 0.305 e. The van der Waals surface area contributed by atoms with Gasteiger partial charge in [0.25, 0.3) is 15.9 Å². The molecule has 0 aromatic carbocycles. The van der Waals surface area contributed by atoms with Crippen LogP contribution in [0.15, 0.2) is 15.1 Å². The summed E-state index contributed by atoms with van der Waals surface area (Å²) in [5.41, 5.74) is 1.69. The predicted molar refractivity (Wildman–Crippen MR) is 115 cm³/mol. The molecule has 2 aromatic heterocycles. The topological polar surface area (TPSA) is 90.5 Å². The molecule has 1 N–H and O–H groups in total. The van der Waals surface area contributed by atoms with Gasteiger partial charge in [0, 0.05) is 36.8 Å². The molecule has 0 saturated carbocycles. The number of amides is 1. The Bertz CT molecular complexity index is 1030. The summed E-state index contributed by atoms with van der Waals surface area (Å²) in [6.07, 6.45) is 6.97. The maximum absolute atomic E-state index is 13.0. The summed E-state index contributed by atoms with van der Waals surface area (Å²) in [5, 5.41) is 0. The Morgan fingerprint density at radius 1 is 1.03 bits per heavy atom. The normalized spacial score (nSPS) is 18.9. The van der Waals surface area contributed by atoms with E-state index in [1.165, 1.54) is 40.4 Å². The summed E-state index contributed by atoms with van der Waals surface area (Å²) in [5.74, 6) is 0.00118. The summed E-state index contributed by atoms with van der Waals surface area (Å²) in [6, 6.07) is 2.05. The number of fused-ring (bicyclic) bond motifs is 1. The van der Waals surface area contributed by atoms with Crippen LogP contribution >= 0.6 is 22.7 Å². The minimum Gasteiger partial charge on any atom is -0.335 e. The second-order valence-corrected chi connectivity index (χ2v) is 11.8. The first-order chi connectivity index (χ1) is 13.9. The van der Waals surface area contributed by atoms with Gasteiger partial charge in [-0.1, -0.05) is 24.2 Å². The van der Waals surface area contributed by atoms with Crippen molar-refractivity contribution in [3.05, 3.63) is 36.7 Å². The highest BCUT2D eigenvalue weighted by molar-refractivity contribution is 7.91. The van der Waals surface area contributed by atoms with Crippen molar-refractivity contribution in [3.63, 3.8) is 0 Å². The number of hydrogen-bond donors (Lipinski definition) is 1. The molecule has 7 nitrogen and oxygen atoms in total. The Labute approximate surface area is 178 Å². The maximum atomic E-state index is 13.0. The van der Waals surface area contributed by atoms with Crippen molar-refractivity contribution < 1.29 is 13.2 Å². The fourth-order valence-electron chi connectivity index (χ4n) is 3.99. The molecule has 1 fully saturated rings. The summed E-state index contributed by atoms with van der Waals surface area (Å²) in [6.45, 7) is 2.79. The van der Waals surface area contributed by atoms with E-state index in [0.29, 0.717) is 18.8 Å². The Kier molecular flexibility index (Phi) is 5.97. The number of thiophene rings is 1. The zero-order chi connectivity index (χ0) is 20.6. The van der Waals surface area contributed by atoms with E-state index in [4.69, 9.17) is 0 Å². The predicted octanol–water partition coefficient (Wildman–Crippen LogP) is 2.61. The van der Waals surface area contributed by atoms with Crippen LogP contribution in [0.2, 0.25) is 0 Å². The molecule has 1 amide bonds. The molecule has 0 bridgehead atoms. The minimum absolute atomic E-state index is 0.00118. The van der Waals surface area contributed by atoms with Crippen LogP contribution in [0.25, 0.3) is 0 Å². The minimum atomic E-state index is -3.71. The van der Waals surface area contributed by atoms with Crippen molar-refractivity contribution in [1.82, 2.24) is 14.2 Å². The smallest absolute Gasteiger partial charge is 0.305 e. The Balaban J connectivity index is 1.44. The number of H-pyrrole nitrogens is 1. The number of thiazole rings is 1. The molecule has 1 saturated heterocycles. The van der Waals surface area contributed by atoms with E-state index in [-0.39, 0.29) is 28.1 Å². The number of hydrogen-bond acceptors (Lipinski definition) is 6. The molecule has 2 aliphatic rings. The van der Waals surface area contributed by atoms with E-state index < -0.39 is 10.0 Å². The Morgan fingerprint density at radius 2 is 1.72 bits per heavy atom. The number of carbonyl (C=O) groups excluding carboxylic acids is 1. The van der Waals surface area contributed by atoms with Gasteiger partial charge in [0.2, 0.25) is 0 Å². The first-order valence-electron chi connectivity index (χ1n) is 9.97.